The predicted molar refractivity (Wildman–Crippen MR) is 111 cm³/mol. The first-order valence-corrected chi connectivity index (χ1v) is 10.1. The summed E-state index contributed by atoms with van der Waals surface area (Å²) in [5.74, 6) is -2.34. The van der Waals surface area contributed by atoms with Crippen LogP contribution >= 0.6 is 0 Å². The molecule has 3 rings (SSSR count). The molecule has 1 aliphatic rings. The number of carboxylic acids is 1. The summed E-state index contributed by atoms with van der Waals surface area (Å²) in [5, 5.41) is 8.78. The van der Waals surface area contributed by atoms with Crippen LogP contribution in [0.2, 0.25) is 0 Å². The van der Waals surface area contributed by atoms with Crippen molar-refractivity contribution >= 4 is 11.9 Å². The van der Waals surface area contributed by atoms with Crippen LogP contribution in [0, 0.1) is 11.6 Å². The number of carbonyl (C=O) groups is 2. The third-order valence-electron chi connectivity index (χ3n) is 5.44. The van der Waals surface area contributed by atoms with Crippen LogP contribution in [0.3, 0.4) is 0 Å². The summed E-state index contributed by atoms with van der Waals surface area (Å²) in [6.07, 6.45) is -0.284. The lowest BCUT2D eigenvalue weighted by atomic mass is 10.1. The second-order valence-electron chi connectivity index (χ2n) is 7.92. The van der Waals surface area contributed by atoms with Gasteiger partial charge in [0.2, 0.25) is 0 Å². The van der Waals surface area contributed by atoms with E-state index in [4.69, 9.17) is 9.84 Å². The summed E-state index contributed by atoms with van der Waals surface area (Å²) in [5.41, 5.74) is 1.33. The van der Waals surface area contributed by atoms with E-state index in [1.165, 1.54) is 24.3 Å². The van der Waals surface area contributed by atoms with Gasteiger partial charge in [-0.15, -0.1) is 0 Å². The van der Waals surface area contributed by atoms with Crippen LogP contribution in [0.4, 0.5) is 8.78 Å². The molecule has 0 aliphatic carbocycles. The first-order valence-electron chi connectivity index (χ1n) is 10.1. The van der Waals surface area contributed by atoms with Gasteiger partial charge >= 0.3 is 5.97 Å². The van der Waals surface area contributed by atoms with E-state index in [2.05, 4.69) is 4.90 Å². The van der Waals surface area contributed by atoms with Crippen LogP contribution in [0.25, 0.3) is 0 Å². The zero-order valence-corrected chi connectivity index (χ0v) is 17.6. The van der Waals surface area contributed by atoms with E-state index in [0.717, 1.165) is 11.6 Å². The van der Waals surface area contributed by atoms with Gasteiger partial charge in [0.1, 0.15) is 5.82 Å². The van der Waals surface area contributed by atoms with Crippen molar-refractivity contribution in [2.24, 2.45) is 0 Å². The van der Waals surface area contributed by atoms with Crippen molar-refractivity contribution in [2.75, 3.05) is 19.7 Å². The highest BCUT2D eigenvalue weighted by Gasteiger charge is 2.32. The highest BCUT2D eigenvalue weighted by atomic mass is 19.1. The number of carbonyl (C=O) groups excluding carboxylic acids is 1. The van der Waals surface area contributed by atoms with Crippen molar-refractivity contribution in [1.82, 2.24) is 9.80 Å². The minimum absolute atomic E-state index is 0.0597. The molecular formula is C23H26F2N2O4. The largest absolute Gasteiger partial charge is 0.481 e. The number of halogens is 2. The molecule has 166 valence electrons. The highest BCUT2D eigenvalue weighted by Crippen LogP contribution is 2.21. The van der Waals surface area contributed by atoms with Crippen LogP contribution in [0.15, 0.2) is 42.5 Å². The number of carboxylic acid groups (broad SMARTS) is 1. The van der Waals surface area contributed by atoms with Gasteiger partial charge in [0.15, 0.2) is 18.2 Å². The van der Waals surface area contributed by atoms with Crippen LogP contribution in [-0.4, -0.2) is 58.6 Å². The smallest absolute Gasteiger partial charge is 0.307 e. The lowest BCUT2D eigenvalue weighted by Gasteiger charge is -2.44. The summed E-state index contributed by atoms with van der Waals surface area (Å²) in [7, 11) is 0. The number of amides is 1. The molecule has 2 aromatic rings. The monoisotopic (exact) mass is 432 g/mol. The summed E-state index contributed by atoms with van der Waals surface area (Å²) in [6, 6.07) is 10.3. The Hall–Kier alpha value is -3.00. The quantitative estimate of drug-likeness (QED) is 0.728. The van der Waals surface area contributed by atoms with Crippen molar-refractivity contribution in [2.45, 2.75) is 38.9 Å². The topological polar surface area (TPSA) is 70.1 Å². The number of aliphatic carboxylic acids is 1. The lowest BCUT2D eigenvalue weighted by Crippen LogP contribution is -2.58. The van der Waals surface area contributed by atoms with Gasteiger partial charge in [0.25, 0.3) is 5.91 Å². The average Bonchev–Trinajstić information content (AvgIpc) is 2.71. The standard InChI is InChI=1S/C23H26F2N2O4/c1-15-12-27(16(2)11-26(15)13-17-3-6-19(24)7-4-17)22(28)14-31-21-8-5-18(9-20(21)25)10-23(29)30/h3-9,15-16H,10-14H2,1-2H3,(H,29,30). The fourth-order valence-electron chi connectivity index (χ4n) is 3.76. The highest BCUT2D eigenvalue weighted by molar-refractivity contribution is 5.78. The Balaban J connectivity index is 1.55. The molecule has 0 spiro atoms. The summed E-state index contributed by atoms with van der Waals surface area (Å²) in [4.78, 5) is 27.4. The Morgan fingerprint density at radius 2 is 1.71 bits per heavy atom. The summed E-state index contributed by atoms with van der Waals surface area (Å²) >= 11 is 0. The number of nitrogens with zero attached hydrogens (tertiary/aromatic N) is 2. The first kappa shape index (κ1) is 22.7. The molecule has 0 saturated carbocycles. The van der Waals surface area contributed by atoms with Gasteiger partial charge in [-0.3, -0.25) is 14.5 Å². The molecule has 1 heterocycles. The molecule has 2 atom stereocenters. The zero-order valence-electron chi connectivity index (χ0n) is 17.6. The van der Waals surface area contributed by atoms with Crippen LogP contribution < -0.4 is 4.74 Å². The molecule has 0 radical (unpaired) electrons. The molecule has 31 heavy (non-hydrogen) atoms. The van der Waals surface area contributed by atoms with Crippen molar-refractivity contribution in [3.63, 3.8) is 0 Å². The van der Waals surface area contributed by atoms with Crippen molar-refractivity contribution in [3.05, 3.63) is 65.2 Å². The van der Waals surface area contributed by atoms with Crippen molar-refractivity contribution in [1.29, 1.82) is 0 Å². The van der Waals surface area contributed by atoms with E-state index in [-0.39, 0.29) is 42.6 Å². The van der Waals surface area contributed by atoms with Crippen molar-refractivity contribution in [3.8, 4) is 5.75 Å². The van der Waals surface area contributed by atoms with Gasteiger partial charge in [-0.25, -0.2) is 8.78 Å². The maximum absolute atomic E-state index is 14.1. The Kier molecular flexibility index (Phi) is 7.22. The Morgan fingerprint density at radius 3 is 2.35 bits per heavy atom. The minimum Gasteiger partial charge on any atom is -0.481 e. The van der Waals surface area contributed by atoms with E-state index in [9.17, 15) is 18.4 Å². The Bertz CT molecular complexity index is 936. The molecule has 1 amide bonds. The molecule has 1 aliphatic heterocycles. The molecule has 0 bridgehead atoms. The van der Waals surface area contributed by atoms with Gasteiger partial charge < -0.3 is 14.7 Å². The van der Waals surface area contributed by atoms with E-state index in [0.29, 0.717) is 25.2 Å². The average molecular weight is 432 g/mol. The summed E-state index contributed by atoms with van der Waals surface area (Å²) < 4.78 is 32.6. The minimum atomic E-state index is -1.05. The SMILES string of the molecule is CC1CN(C(=O)COc2ccc(CC(=O)O)cc2F)C(C)CN1Cc1ccc(F)cc1. The van der Waals surface area contributed by atoms with Gasteiger partial charge in [-0.1, -0.05) is 18.2 Å². The lowest BCUT2D eigenvalue weighted by molar-refractivity contribution is -0.139. The van der Waals surface area contributed by atoms with Crippen LogP contribution in [-0.2, 0) is 22.6 Å². The number of ether oxygens (including phenoxy) is 1. The molecule has 1 N–H and O–H groups in total. The Morgan fingerprint density at radius 1 is 1.03 bits per heavy atom. The normalized spacial score (nSPS) is 19.3. The summed E-state index contributed by atoms with van der Waals surface area (Å²) in [6.45, 7) is 5.50. The molecule has 2 unspecified atom stereocenters. The van der Waals surface area contributed by atoms with E-state index in [1.807, 2.05) is 13.8 Å². The molecule has 0 aromatic heterocycles. The van der Waals surface area contributed by atoms with E-state index >= 15 is 0 Å². The maximum atomic E-state index is 14.1. The molecule has 1 saturated heterocycles. The first-order chi connectivity index (χ1) is 14.7. The third kappa shape index (κ3) is 6.01. The molecule has 1 fully saturated rings. The van der Waals surface area contributed by atoms with Gasteiger partial charge in [-0.05, 0) is 49.2 Å². The van der Waals surface area contributed by atoms with Gasteiger partial charge in [0, 0.05) is 31.7 Å². The molecule has 2 aromatic carbocycles. The number of hydrogen-bond acceptors (Lipinski definition) is 4. The Labute approximate surface area is 180 Å². The van der Waals surface area contributed by atoms with Crippen LogP contribution in [0.1, 0.15) is 25.0 Å². The fraction of sp³-hybridized carbons (Fsp3) is 0.391. The molecular weight excluding hydrogens is 406 g/mol. The number of benzene rings is 2. The van der Waals surface area contributed by atoms with E-state index in [1.54, 1.807) is 17.0 Å². The molecule has 8 heteroatoms. The van der Waals surface area contributed by atoms with Gasteiger partial charge in [-0.2, -0.15) is 0 Å². The van der Waals surface area contributed by atoms with Crippen LogP contribution in [0.5, 0.6) is 5.75 Å². The molecule has 6 nitrogen and oxygen atoms in total. The third-order valence-corrected chi connectivity index (χ3v) is 5.44. The maximum Gasteiger partial charge on any atom is 0.307 e. The zero-order chi connectivity index (χ0) is 22.5. The number of hydrogen-bond donors (Lipinski definition) is 1. The fourth-order valence-corrected chi connectivity index (χ4v) is 3.76. The predicted octanol–water partition coefficient (Wildman–Crippen LogP) is 3.09. The second-order valence-corrected chi connectivity index (χ2v) is 7.92. The second kappa shape index (κ2) is 9.87. The number of piperazine rings is 1. The van der Waals surface area contributed by atoms with E-state index < -0.39 is 11.8 Å². The number of rotatable bonds is 7. The van der Waals surface area contributed by atoms with Gasteiger partial charge in [0.05, 0.1) is 6.42 Å². The van der Waals surface area contributed by atoms with Crippen molar-refractivity contribution < 1.29 is 28.2 Å².